The molecule has 4 rings (SSSR count). The molecule has 0 saturated heterocycles. The molecule has 0 bridgehead atoms. The predicted octanol–water partition coefficient (Wildman–Crippen LogP) is 3.65. The van der Waals surface area contributed by atoms with Crippen molar-refractivity contribution >= 4 is 29.0 Å². The molecule has 3 aromatic rings. The standard InChI is InChI=1S/C21H23FN6O2/c1-12-10-13(2)28-21(23-12)26-18(27-28)20(30)24-15-8-9-16(22)17(11-15)25-19(29)14-6-4-3-5-7-14/h8-11,14H,3-7H2,1-2H3,(H,24,30)(H,25,29). The molecule has 1 aliphatic carbocycles. The van der Waals surface area contributed by atoms with Crippen molar-refractivity contribution in [2.45, 2.75) is 46.0 Å². The van der Waals surface area contributed by atoms with Crippen LogP contribution in [-0.2, 0) is 4.79 Å². The molecule has 0 unspecified atom stereocenters. The van der Waals surface area contributed by atoms with Crippen molar-refractivity contribution in [3.63, 3.8) is 0 Å². The molecule has 0 radical (unpaired) electrons. The molecule has 1 saturated carbocycles. The zero-order chi connectivity index (χ0) is 21.3. The van der Waals surface area contributed by atoms with Gasteiger partial charge in [-0.15, -0.1) is 5.10 Å². The highest BCUT2D eigenvalue weighted by Crippen LogP contribution is 2.26. The van der Waals surface area contributed by atoms with E-state index >= 15 is 0 Å². The van der Waals surface area contributed by atoms with Crippen molar-refractivity contribution in [1.82, 2.24) is 19.6 Å². The number of amides is 2. The lowest BCUT2D eigenvalue weighted by atomic mass is 9.88. The maximum atomic E-state index is 14.2. The third kappa shape index (κ3) is 4.14. The first-order chi connectivity index (χ1) is 14.4. The Morgan fingerprint density at radius 1 is 1.07 bits per heavy atom. The van der Waals surface area contributed by atoms with E-state index in [2.05, 4.69) is 25.7 Å². The number of aromatic nitrogens is 4. The largest absolute Gasteiger partial charge is 0.323 e. The number of rotatable bonds is 4. The van der Waals surface area contributed by atoms with Gasteiger partial charge < -0.3 is 10.6 Å². The van der Waals surface area contributed by atoms with Crippen LogP contribution in [-0.4, -0.2) is 31.4 Å². The maximum absolute atomic E-state index is 14.2. The summed E-state index contributed by atoms with van der Waals surface area (Å²) in [6, 6.07) is 5.87. The van der Waals surface area contributed by atoms with E-state index in [1.807, 2.05) is 19.9 Å². The second-order valence-corrected chi connectivity index (χ2v) is 7.66. The predicted molar refractivity (Wildman–Crippen MR) is 110 cm³/mol. The van der Waals surface area contributed by atoms with Crippen LogP contribution in [0.4, 0.5) is 15.8 Å². The Bertz CT molecular complexity index is 1120. The Balaban J connectivity index is 1.50. The molecule has 156 valence electrons. The first-order valence-corrected chi connectivity index (χ1v) is 10.0. The lowest BCUT2D eigenvalue weighted by molar-refractivity contribution is -0.120. The fourth-order valence-electron chi connectivity index (χ4n) is 3.75. The molecule has 8 nitrogen and oxygen atoms in total. The number of anilines is 2. The SMILES string of the molecule is Cc1cc(C)n2nc(C(=O)Nc3ccc(F)c(NC(=O)C4CCCCC4)c3)nc2n1. The van der Waals surface area contributed by atoms with Crippen LogP contribution in [0.15, 0.2) is 24.3 Å². The Kier molecular flexibility index (Phi) is 5.43. The number of hydrogen-bond acceptors (Lipinski definition) is 5. The molecule has 9 heteroatoms. The molecule has 0 spiro atoms. The van der Waals surface area contributed by atoms with Crippen LogP contribution in [0.2, 0.25) is 0 Å². The van der Waals surface area contributed by atoms with Gasteiger partial charge in [0.2, 0.25) is 11.7 Å². The Labute approximate surface area is 172 Å². The highest BCUT2D eigenvalue weighted by Gasteiger charge is 2.22. The summed E-state index contributed by atoms with van der Waals surface area (Å²) >= 11 is 0. The second kappa shape index (κ2) is 8.17. The van der Waals surface area contributed by atoms with Crippen LogP contribution in [0.3, 0.4) is 0 Å². The zero-order valence-electron chi connectivity index (χ0n) is 16.9. The van der Waals surface area contributed by atoms with Gasteiger partial charge in [0.15, 0.2) is 0 Å². The Morgan fingerprint density at radius 2 is 1.83 bits per heavy atom. The molecule has 30 heavy (non-hydrogen) atoms. The summed E-state index contributed by atoms with van der Waals surface area (Å²) in [4.78, 5) is 33.5. The van der Waals surface area contributed by atoms with Gasteiger partial charge in [0, 0.05) is 23.0 Å². The number of carbonyl (C=O) groups is 2. The first kappa shape index (κ1) is 19.9. The fourth-order valence-corrected chi connectivity index (χ4v) is 3.75. The summed E-state index contributed by atoms with van der Waals surface area (Å²) in [5, 5.41) is 9.49. The normalized spacial score (nSPS) is 14.6. The molecule has 2 heterocycles. The number of hydrogen-bond donors (Lipinski definition) is 2. The van der Waals surface area contributed by atoms with Gasteiger partial charge in [-0.05, 0) is 51.0 Å². The molecule has 1 aliphatic rings. The van der Waals surface area contributed by atoms with Crippen LogP contribution in [0.25, 0.3) is 5.78 Å². The van der Waals surface area contributed by atoms with Crippen LogP contribution in [0.1, 0.15) is 54.1 Å². The summed E-state index contributed by atoms with van der Waals surface area (Å²) in [5.41, 5.74) is 1.95. The van der Waals surface area contributed by atoms with Crippen LogP contribution >= 0.6 is 0 Å². The van der Waals surface area contributed by atoms with Crippen LogP contribution in [0.5, 0.6) is 0 Å². The van der Waals surface area contributed by atoms with E-state index in [0.29, 0.717) is 11.5 Å². The van der Waals surface area contributed by atoms with Gasteiger partial charge in [0.05, 0.1) is 5.69 Å². The minimum atomic E-state index is -0.557. The highest BCUT2D eigenvalue weighted by atomic mass is 19.1. The van der Waals surface area contributed by atoms with Gasteiger partial charge >= 0.3 is 0 Å². The summed E-state index contributed by atoms with van der Waals surface area (Å²) in [5.74, 6) is -1.11. The van der Waals surface area contributed by atoms with Crippen LogP contribution < -0.4 is 10.6 Å². The zero-order valence-corrected chi connectivity index (χ0v) is 16.9. The van der Waals surface area contributed by atoms with Gasteiger partial charge in [-0.25, -0.2) is 13.9 Å². The average molecular weight is 410 g/mol. The third-order valence-electron chi connectivity index (χ3n) is 5.28. The minimum Gasteiger partial charge on any atom is -0.323 e. The lowest BCUT2D eigenvalue weighted by Gasteiger charge is -2.21. The van der Waals surface area contributed by atoms with Gasteiger partial charge in [-0.2, -0.15) is 4.98 Å². The number of fused-ring (bicyclic) bond motifs is 1. The first-order valence-electron chi connectivity index (χ1n) is 10.0. The number of aryl methyl sites for hydroxylation is 2. The number of carbonyl (C=O) groups excluding carboxylic acids is 2. The number of nitrogens with zero attached hydrogens (tertiary/aromatic N) is 4. The molecular formula is C21H23FN6O2. The van der Waals surface area contributed by atoms with E-state index in [-0.39, 0.29) is 23.3 Å². The van der Waals surface area contributed by atoms with E-state index in [1.165, 1.54) is 22.7 Å². The lowest BCUT2D eigenvalue weighted by Crippen LogP contribution is -2.25. The Hall–Kier alpha value is -3.36. The quantitative estimate of drug-likeness (QED) is 0.684. The number of nitrogens with one attached hydrogen (secondary N) is 2. The van der Waals surface area contributed by atoms with Gasteiger partial charge in [0.1, 0.15) is 5.82 Å². The molecule has 2 aromatic heterocycles. The summed E-state index contributed by atoms with van der Waals surface area (Å²) in [6.45, 7) is 3.68. The van der Waals surface area contributed by atoms with E-state index < -0.39 is 11.7 Å². The van der Waals surface area contributed by atoms with E-state index in [1.54, 1.807) is 0 Å². The number of halogens is 1. The third-order valence-corrected chi connectivity index (χ3v) is 5.28. The van der Waals surface area contributed by atoms with Crippen molar-refractivity contribution in [3.8, 4) is 0 Å². The van der Waals surface area contributed by atoms with Crippen LogP contribution in [0, 0.1) is 25.6 Å². The number of benzene rings is 1. The van der Waals surface area contributed by atoms with Gasteiger partial charge in [-0.1, -0.05) is 19.3 Å². The van der Waals surface area contributed by atoms with E-state index in [0.717, 1.165) is 43.5 Å². The maximum Gasteiger partial charge on any atom is 0.295 e. The second-order valence-electron chi connectivity index (χ2n) is 7.66. The molecule has 2 amide bonds. The van der Waals surface area contributed by atoms with Gasteiger partial charge in [0.25, 0.3) is 11.7 Å². The van der Waals surface area contributed by atoms with E-state index in [9.17, 15) is 14.0 Å². The molecular weight excluding hydrogens is 387 g/mol. The molecule has 0 aliphatic heterocycles. The Morgan fingerprint density at radius 3 is 2.60 bits per heavy atom. The topological polar surface area (TPSA) is 101 Å². The van der Waals surface area contributed by atoms with Crippen molar-refractivity contribution in [3.05, 3.63) is 47.3 Å². The van der Waals surface area contributed by atoms with Crippen molar-refractivity contribution in [2.24, 2.45) is 5.92 Å². The fraction of sp³-hybridized carbons (Fsp3) is 0.381. The van der Waals surface area contributed by atoms with Gasteiger partial charge in [-0.3, -0.25) is 9.59 Å². The minimum absolute atomic E-state index is 0.0412. The highest BCUT2D eigenvalue weighted by molar-refractivity contribution is 6.02. The van der Waals surface area contributed by atoms with Crippen molar-refractivity contribution in [1.29, 1.82) is 0 Å². The average Bonchev–Trinajstić information content (AvgIpc) is 3.16. The summed E-state index contributed by atoms with van der Waals surface area (Å²) < 4.78 is 15.7. The molecule has 1 aromatic carbocycles. The molecule has 1 fully saturated rings. The molecule has 2 N–H and O–H groups in total. The smallest absolute Gasteiger partial charge is 0.295 e. The van der Waals surface area contributed by atoms with E-state index in [4.69, 9.17) is 0 Å². The summed E-state index contributed by atoms with van der Waals surface area (Å²) in [6.07, 6.45) is 4.78. The van der Waals surface area contributed by atoms with Crippen molar-refractivity contribution < 1.29 is 14.0 Å². The van der Waals surface area contributed by atoms with Crippen molar-refractivity contribution in [2.75, 3.05) is 10.6 Å². The molecule has 0 atom stereocenters. The summed E-state index contributed by atoms with van der Waals surface area (Å²) in [7, 11) is 0. The monoisotopic (exact) mass is 410 g/mol.